The molecular formula is C12H15NO3. The highest BCUT2D eigenvalue weighted by Crippen LogP contribution is 2.11. The molecule has 1 saturated heterocycles. The summed E-state index contributed by atoms with van der Waals surface area (Å²) in [4.78, 5) is 11.4. The van der Waals surface area contributed by atoms with Crippen LogP contribution in [0.3, 0.4) is 0 Å². The van der Waals surface area contributed by atoms with E-state index >= 15 is 0 Å². The van der Waals surface area contributed by atoms with Gasteiger partial charge in [0.15, 0.2) is 0 Å². The molecule has 1 fully saturated rings. The molecule has 1 heterocycles. The van der Waals surface area contributed by atoms with Crippen LogP contribution >= 0.6 is 0 Å². The summed E-state index contributed by atoms with van der Waals surface area (Å²) in [5.41, 5.74) is 0. The van der Waals surface area contributed by atoms with Gasteiger partial charge in [-0.25, -0.2) is 4.79 Å². The van der Waals surface area contributed by atoms with E-state index in [9.17, 15) is 4.79 Å². The molecule has 86 valence electrons. The second-order valence-electron chi connectivity index (χ2n) is 3.81. The van der Waals surface area contributed by atoms with Crippen molar-refractivity contribution in [3.05, 3.63) is 30.3 Å². The lowest BCUT2D eigenvalue weighted by Gasteiger charge is -2.09. The lowest BCUT2D eigenvalue weighted by Crippen LogP contribution is -2.31. The molecule has 0 aromatic heterocycles. The molecule has 2 rings (SSSR count). The molecule has 1 unspecified atom stereocenters. The van der Waals surface area contributed by atoms with E-state index in [0.717, 1.165) is 19.6 Å². The number of amides is 1. The van der Waals surface area contributed by atoms with E-state index in [1.807, 2.05) is 18.2 Å². The molecule has 0 saturated carbocycles. The highest BCUT2D eigenvalue weighted by molar-refractivity contribution is 5.70. The lowest BCUT2D eigenvalue weighted by atomic mass is 10.1. The van der Waals surface area contributed by atoms with Crippen molar-refractivity contribution in [2.24, 2.45) is 5.92 Å². The first kappa shape index (κ1) is 11.0. The number of hydrogen-bond acceptors (Lipinski definition) is 3. The van der Waals surface area contributed by atoms with Gasteiger partial charge in [-0.1, -0.05) is 18.2 Å². The minimum absolute atomic E-state index is 0.405. The lowest BCUT2D eigenvalue weighted by molar-refractivity contribution is 0.181. The van der Waals surface area contributed by atoms with Gasteiger partial charge < -0.3 is 14.8 Å². The van der Waals surface area contributed by atoms with Gasteiger partial charge in [-0.3, -0.25) is 0 Å². The van der Waals surface area contributed by atoms with Crippen molar-refractivity contribution in [1.29, 1.82) is 0 Å². The number of carbonyl (C=O) groups excluding carboxylic acids is 1. The standard InChI is InChI=1S/C12H15NO3/c14-12(13-8-10-6-7-15-9-10)16-11-4-2-1-3-5-11/h1-5,10H,6-9H2,(H,13,14). The van der Waals surface area contributed by atoms with Crippen LogP contribution in [0.4, 0.5) is 4.79 Å². The number of benzene rings is 1. The van der Waals surface area contributed by atoms with Gasteiger partial charge in [-0.05, 0) is 18.6 Å². The van der Waals surface area contributed by atoms with E-state index in [1.165, 1.54) is 0 Å². The molecular weight excluding hydrogens is 206 g/mol. The number of nitrogens with one attached hydrogen (secondary N) is 1. The van der Waals surface area contributed by atoms with E-state index in [4.69, 9.17) is 9.47 Å². The Morgan fingerprint density at radius 3 is 2.94 bits per heavy atom. The molecule has 0 radical (unpaired) electrons. The molecule has 1 N–H and O–H groups in total. The van der Waals surface area contributed by atoms with E-state index in [1.54, 1.807) is 12.1 Å². The third kappa shape index (κ3) is 3.24. The Morgan fingerprint density at radius 2 is 2.25 bits per heavy atom. The number of ether oxygens (including phenoxy) is 2. The zero-order chi connectivity index (χ0) is 11.2. The fourth-order valence-electron chi connectivity index (χ4n) is 1.60. The van der Waals surface area contributed by atoms with Gasteiger partial charge in [-0.2, -0.15) is 0 Å². The summed E-state index contributed by atoms with van der Waals surface area (Å²) < 4.78 is 10.3. The first-order valence-corrected chi connectivity index (χ1v) is 5.43. The third-order valence-electron chi connectivity index (χ3n) is 2.51. The van der Waals surface area contributed by atoms with Crippen LogP contribution in [0.2, 0.25) is 0 Å². The quantitative estimate of drug-likeness (QED) is 0.846. The van der Waals surface area contributed by atoms with Crippen LogP contribution in [0, 0.1) is 5.92 Å². The van der Waals surface area contributed by atoms with Crippen molar-refractivity contribution in [2.45, 2.75) is 6.42 Å². The summed E-state index contributed by atoms with van der Waals surface area (Å²) in [6, 6.07) is 9.03. The minimum Gasteiger partial charge on any atom is -0.410 e. The van der Waals surface area contributed by atoms with E-state index in [2.05, 4.69) is 5.32 Å². The van der Waals surface area contributed by atoms with Gasteiger partial charge in [0.1, 0.15) is 5.75 Å². The van der Waals surface area contributed by atoms with Crippen LogP contribution in [0.1, 0.15) is 6.42 Å². The van der Waals surface area contributed by atoms with Crippen molar-refractivity contribution in [1.82, 2.24) is 5.32 Å². The molecule has 1 atom stereocenters. The Labute approximate surface area is 94.6 Å². The zero-order valence-corrected chi connectivity index (χ0v) is 9.02. The summed E-state index contributed by atoms with van der Waals surface area (Å²) in [7, 11) is 0. The van der Waals surface area contributed by atoms with Crippen LogP contribution in [0.5, 0.6) is 5.75 Å². The van der Waals surface area contributed by atoms with Crippen LogP contribution in [0.15, 0.2) is 30.3 Å². The normalized spacial score (nSPS) is 19.4. The largest absolute Gasteiger partial charge is 0.412 e. The van der Waals surface area contributed by atoms with Crippen molar-refractivity contribution in [2.75, 3.05) is 19.8 Å². The summed E-state index contributed by atoms with van der Waals surface area (Å²) in [5, 5.41) is 2.73. The summed E-state index contributed by atoms with van der Waals surface area (Å²) in [5.74, 6) is 0.978. The number of rotatable bonds is 3. The third-order valence-corrected chi connectivity index (χ3v) is 2.51. The first-order valence-electron chi connectivity index (χ1n) is 5.43. The maximum Gasteiger partial charge on any atom is 0.412 e. The van der Waals surface area contributed by atoms with E-state index in [0.29, 0.717) is 18.2 Å². The summed E-state index contributed by atoms with van der Waals surface area (Å²) >= 11 is 0. The van der Waals surface area contributed by atoms with Gasteiger partial charge >= 0.3 is 6.09 Å². The molecule has 1 aliphatic heterocycles. The van der Waals surface area contributed by atoms with Crippen molar-refractivity contribution in [3.8, 4) is 5.75 Å². The smallest absolute Gasteiger partial charge is 0.410 e. The molecule has 1 aliphatic rings. The molecule has 16 heavy (non-hydrogen) atoms. The molecule has 1 aromatic rings. The Morgan fingerprint density at radius 1 is 1.44 bits per heavy atom. The second-order valence-corrected chi connectivity index (χ2v) is 3.81. The highest BCUT2D eigenvalue weighted by atomic mass is 16.6. The highest BCUT2D eigenvalue weighted by Gasteiger charge is 2.16. The van der Waals surface area contributed by atoms with Gasteiger partial charge in [0.2, 0.25) is 0 Å². The molecule has 0 bridgehead atoms. The zero-order valence-electron chi connectivity index (χ0n) is 9.02. The van der Waals surface area contributed by atoms with Crippen LogP contribution in [0.25, 0.3) is 0 Å². The Hall–Kier alpha value is -1.55. The van der Waals surface area contributed by atoms with Crippen molar-refractivity contribution < 1.29 is 14.3 Å². The van der Waals surface area contributed by atoms with Crippen LogP contribution < -0.4 is 10.1 Å². The molecule has 1 amide bonds. The van der Waals surface area contributed by atoms with Gasteiger partial charge in [0, 0.05) is 19.1 Å². The summed E-state index contributed by atoms with van der Waals surface area (Å²) in [6.07, 6.45) is 0.601. The van der Waals surface area contributed by atoms with E-state index < -0.39 is 6.09 Å². The van der Waals surface area contributed by atoms with Gasteiger partial charge in [0.05, 0.1) is 6.61 Å². The topological polar surface area (TPSA) is 47.6 Å². The molecule has 4 heteroatoms. The summed E-state index contributed by atoms with van der Waals surface area (Å²) in [6.45, 7) is 2.14. The molecule has 4 nitrogen and oxygen atoms in total. The average Bonchev–Trinajstić information content (AvgIpc) is 2.81. The van der Waals surface area contributed by atoms with E-state index in [-0.39, 0.29) is 0 Å². The van der Waals surface area contributed by atoms with Crippen molar-refractivity contribution >= 4 is 6.09 Å². The molecule has 0 aliphatic carbocycles. The van der Waals surface area contributed by atoms with Crippen molar-refractivity contribution in [3.63, 3.8) is 0 Å². The number of para-hydroxylation sites is 1. The SMILES string of the molecule is O=C(NCC1CCOC1)Oc1ccccc1. The van der Waals surface area contributed by atoms with Gasteiger partial charge in [0.25, 0.3) is 0 Å². The predicted molar refractivity (Wildman–Crippen MR) is 59.4 cm³/mol. The number of carbonyl (C=O) groups is 1. The fourth-order valence-corrected chi connectivity index (χ4v) is 1.60. The van der Waals surface area contributed by atoms with Gasteiger partial charge in [-0.15, -0.1) is 0 Å². The second kappa shape index (κ2) is 5.51. The monoisotopic (exact) mass is 221 g/mol. The Balaban J connectivity index is 1.72. The van der Waals surface area contributed by atoms with Crippen LogP contribution in [-0.2, 0) is 4.74 Å². The average molecular weight is 221 g/mol. The number of hydrogen-bond donors (Lipinski definition) is 1. The Bertz CT molecular complexity index is 333. The fraction of sp³-hybridized carbons (Fsp3) is 0.417. The maximum atomic E-state index is 11.4. The first-order chi connectivity index (χ1) is 7.84. The Kier molecular flexibility index (Phi) is 3.77. The molecule has 0 spiro atoms. The van der Waals surface area contributed by atoms with Crippen LogP contribution in [-0.4, -0.2) is 25.9 Å². The predicted octanol–water partition coefficient (Wildman–Crippen LogP) is 1.81. The maximum absolute atomic E-state index is 11.4. The molecule has 1 aromatic carbocycles. The minimum atomic E-state index is -0.405.